The Morgan fingerprint density at radius 1 is 0.327 bits per heavy atom. The Hall–Kier alpha value is -5.48. The van der Waals surface area contributed by atoms with E-state index in [1.54, 1.807) is 0 Å². The van der Waals surface area contributed by atoms with E-state index in [1.165, 1.54) is 112 Å². The lowest BCUT2D eigenvalue weighted by atomic mass is 9.35. The Kier molecular flexibility index (Phi) is 5.17. The SMILES string of the molecule is c1ccc(-c2cc3ccccc3cc2-c2cc3c4c(c2)-c2cccc5sc6cccc(c6c25)B4c2cccc4sc5cccc-3c5c24)cc1. The van der Waals surface area contributed by atoms with Crippen LogP contribution >= 0.6 is 22.7 Å². The summed E-state index contributed by atoms with van der Waals surface area (Å²) in [5, 5.41) is 8.19. The molecule has 0 N–H and O–H groups in total. The van der Waals surface area contributed by atoms with Gasteiger partial charge in [-0.1, -0.05) is 120 Å². The second-order valence-corrected chi connectivity index (χ2v) is 15.7. The van der Waals surface area contributed by atoms with Crippen LogP contribution in [0, 0.1) is 0 Å². The Morgan fingerprint density at radius 3 is 1.35 bits per heavy atom. The summed E-state index contributed by atoms with van der Waals surface area (Å²) < 4.78 is 5.48. The predicted octanol–water partition coefficient (Wildman–Crippen LogP) is 11.4. The molecule has 0 atom stereocenters. The number of fused-ring (bicyclic) bond motifs is 5. The summed E-state index contributed by atoms with van der Waals surface area (Å²) >= 11 is 3.87. The van der Waals surface area contributed by atoms with Gasteiger partial charge in [-0.15, -0.1) is 22.7 Å². The molecule has 2 aliphatic heterocycles. The van der Waals surface area contributed by atoms with Gasteiger partial charge < -0.3 is 0 Å². The molecule has 0 amide bonds. The van der Waals surface area contributed by atoms with E-state index in [4.69, 9.17) is 0 Å². The molecular weight excluding hydrogens is 627 g/mol. The quantitative estimate of drug-likeness (QED) is 0.163. The van der Waals surface area contributed by atoms with E-state index in [2.05, 4.69) is 152 Å². The molecule has 0 spiro atoms. The minimum absolute atomic E-state index is 0.118. The van der Waals surface area contributed by atoms with Gasteiger partial charge in [0, 0.05) is 29.6 Å². The standard InChI is InChI=1S/C46H25BS2/c1-2-10-26(11-3-1)32-22-27-12-4-5-13-28(27)23-33(32)29-24-34-30-14-6-18-38-42(30)44-36(16-8-20-40(44)48-38)47-37-17-9-21-41-45(37)43-31(35(25-29)46(34)47)15-7-19-39(43)49-41/h1-25H. The molecule has 8 aromatic carbocycles. The van der Waals surface area contributed by atoms with Crippen LogP contribution in [-0.4, -0.2) is 6.71 Å². The van der Waals surface area contributed by atoms with E-state index >= 15 is 0 Å². The third-order valence-electron chi connectivity index (χ3n) is 11.1. The lowest BCUT2D eigenvalue weighted by molar-refractivity contribution is 1.60. The average Bonchev–Trinajstić information content (AvgIpc) is 3.66. The smallest absolute Gasteiger partial charge is 0.135 e. The van der Waals surface area contributed by atoms with Gasteiger partial charge in [-0.2, -0.15) is 0 Å². The third-order valence-corrected chi connectivity index (χ3v) is 13.3. The highest BCUT2D eigenvalue weighted by Crippen LogP contribution is 2.48. The largest absolute Gasteiger partial charge is 0.244 e. The fraction of sp³-hybridized carbons (Fsp3) is 0. The van der Waals surface area contributed by atoms with Crippen LogP contribution in [0.15, 0.2) is 152 Å². The Morgan fingerprint density at radius 2 is 0.796 bits per heavy atom. The van der Waals surface area contributed by atoms with Crippen LogP contribution in [0.1, 0.15) is 0 Å². The minimum Gasteiger partial charge on any atom is -0.135 e. The van der Waals surface area contributed by atoms with Crippen LogP contribution in [-0.2, 0) is 0 Å². The molecule has 2 aliphatic rings. The molecular formula is C46H25BS2. The van der Waals surface area contributed by atoms with Gasteiger partial charge in [-0.05, 0) is 115 Å². The van der Waals surface area contributed by atoms with Crippen molar-refractivity contribution in [2.24, 2.45) is 0 Å². The van der Waals surface area contributed by atoms with Crippen LogP contribution in [0.2, 0.25) is 0 Å². The number of rotatable bonds is 2. The van der Waals surface area contributed by atoms with Crippen LogP contribution in [0.25, 0.3) is 95.6 Å². The second-order valence-electron chi connectivity index (χ2n) is 13.5. The van der Waals surface area contributed by atoms with Crippen molar-refractivity contribution in [1.29, 1.82) is 0 Å². The van der Waals surface area contributed by atoms with Crippen LogP contribution in [0.5, 0.6) is 0 Å². The van der Waals surface area contributed by atoms with Gasteiger partial charge >= 0.3 is 0 Å². The van der Waals surface area contributed by atoms with Crippen LogP contribution in [0.4, 0.5) is 0 Å². The molecule has 49 heavy (non-hydrogen) atoms. The fourth-order valence-corrected chi connectivity index (χ4v) is 11.4. The second kappa shape index (κ2) is 9.57. The molecule has 0 saturated carbocycles. The van der Waals surface area contributed by atoms with E-state index < -0.39 is 0 Å². The minimum atomic E-state index is 0.118. The normalized spacial score (nSPS) is 12.9. The Bertz CT molecular complexity index is 2910. The summed E-state index contributed by atoms with van der Waals surface area (Å²) in [7, 11) is 0. The molecule has 0 saturated heterocycles. The highest BCUT2D eigenvalue weighted by Gasteiger charge is 2.38. The number of thiophene rings is 2. The lowest BCUT2D eigenvalue weighted by Crippen LogP contribution is -2.52. The monoisotopic (exact) mass is 652 g/mol. The molecule has 224 valence electrons. The lowest BCUT2D eigenvalue weighted by Gasteiger charge is -2.23. The van der Waals surface area contributed by atoms with Gasteiger partial charge in [0.25, 0.3) is 0 Å². The Balaban J connectivity index is 1.31. The zero-order chi connectivity index (χ0) is 31.8. The fourth-order valence-electron chi connectivity index (χ4n) is 9.10. The molecule has 3 heteroatoms. The molecule has 0 radical (unpaired) electrons. The first-order valence-corrected chi connectivity index (χ1v) is 18.6. The molecule has 2 aromatic heterocycles. The highest BCUT2D eigenvalue weighted by atomic mass is 32.1. The topological polar surface area (TPSA) is 0 Å². The molecule has 0 fully saturated rings. The van der Waals surface area contributed by atoms with Gasteiger partial charge in [-0.25, -0.2) is 0 Å². The zero-order valence-corrected chi connectivity index (χ0v) is 28.0. The van der Waals surface area contributed by atoms with Crippen molar-refractivity contribution in [2.75, 3.05) is 0 Å². The summed E-state index contributed by atoms with van der Waals surface area (Å²) in [5.41, 5.74) is 14.8. The number of hydrogen-bond donors (Lipinski definition) is 0. The first-order valence-electron chi connectivity index (χ1n) is 17.0. The van der Waals surface area contributed by atoms with Gasteiger partial charge in [0.05, 0.1) is 0 Å². The summed E-state index contributed by atoms with van der Waals surface area (Å²) in [6, 6.07) is 57.6. The van der Waals surface area contributed by atoms with E-state index in [1.807, 2.05) is 22.7 Å². The van der Waals surface area contributed by atoms with Crippen molar-refractivity contribution in [3.05, 3.63) is 152 Å². The van der Waals surface area contributed by atoms with Gasteiger partial charge in [0.2, 0.25) is 6.71 Å². The zero-order valence-electron chi connectivity index (χ0n) is 26.3. The first-order chi connectivity index (χ1) is 24.3. The van der Waals surface area contributed by atoms with Crippen molar-refractivity contribution in [1.82, 2.24) is 0 Å². The molecule has 12 rings (SSSR count). The summed E-state index contributed by atoms with van der Waals surface area (Å²) in [6.45, 7) is 0.118. The summed E-state index contributed by atoms with van der Waals surface area (Å²) in [4.78, 5) is 0. The molecule has 0 bridgehead atoms. The van der Waals surface area contributed by atoms with Crippen molar-refractivity contribution in [2.45, 2.75) is 0 Å². The van der Waals surface area contributed by atoms with Crippen molar-refractivity contribution in [3.8, 4) is 44.5 Å². The van der Waals surface area contributed by atoms with E-state index in [0.717, 1.165) is 0 Å². The first kappa shape index (κ1) is 26.5. The van der Waals surface area contributed by atoms with Crippen molar-refractivity contribution in [3.63, 3.8) is 0 Å². The maximum Gasteiger partial charge on any atom is 0.244 e. The van der Waals surface area contributed by atoms with Crippen molar-refractivity contribution < 1.29 is 0 Å². The maximum atomic E-state index is 2.53. The third kappa shape index (κ3) is 3.49. The number of hydrogen-bond acceptors (Lipinski definition) is 2. The summed E-state index contributed by atoms with van der Waals surface area (Å²) in [5.74, 6) is 0. The van der Waals surface area contributed by atoms with Crippen LogP contribution < -0.4 is 16.4 Å². The molecule has 0 aliphatic carbocycles. The summed E-state index contributed by atoms with van der Waals surface area (Å²) in [6.07, 6.45) is 0. The van der Waals surface area contributed by atoms with Crippen LogP contribution in [0.3, 0.4) is 0 Å². The predicted molar refractivity (Wildman–Crippen MR) is 216 cm³/mol. The Labute approximate surface area is 291 Å². The van der Waals surface area contributed by atoms with Gasteiger partial charge in [-0.3, -0.25) is 0 Å². The maximum absolute atomic E-state index is 2.53. The van der Waals surface area contributed by atoms with E-state index in [9.17, 15) is 0 Å². The number of benzene rings is 8. The van der Waals surface area contributed by atoms with Crippen molar-refractivity contribution >= 4 is 96.9 Å². The molecule has 10 aromatic rings. The van der Waals surface area contributed by atoms with Gasteiger partial charge in [0.15, 0.2) is 0 Å². The average molecular weight is 653 g/mol. The molecule has 0 unspecified atom stereocenters. The van der Waals surface area contributed by atoms with E-state index in [0.29, 0.717) is 0 Å². The van der Waals surface area contributed by atoms with E-state index in [-0.39, 0.29) is 6.71 Å². The molecule has 4 heterocycles. The molecule has 0 nitrogen and oxygen atoms in total. The van der Waals surface area contributed by atoms with Gasteiger partial charge in [0.1, 0.15) is 0 Å². The highest BCUT2D eigenvalue weighted by molar-refractivity contribution is 7.27.